The molecule has 1 aromatic rings. The van der Waals surface area contributed by atoms with E-state index in [4.69, 9.17) is 5.11 Å². The van der Waals surface area contributed by atoms with Crippen molar-refractivity contribution < 1.29 is 9.90 Å². The first kappa shape index (κ1) is 12.7. The van der Waals surface area contributed by atoms with Crippen LogP contribution in [0, 0.1) is 0 Å². The average molecular weight is 224 g/mol. The van der Waals surface area contributed by atoms with Crippen LogP contribution in [0.4, 0.5) is 0 Å². The van der Waals surface area contributed by atoms with E-state index in [1.165, 1.54) is 19.3 Å². The van der Waals surface area contributed by atoms with E-state index < -0.39 is 11.9 Å². The SMILES string of the molecule is CCCCCCn1ccnc1C(C)C(=O)O. The van der Waals surface area contributed by atoms with E-state index in [9.17, 15) is 4.79 Å². The summed E-state index contributed by atoms with van der Waals surface area (Å²) < 4.78 is 1.95. The van der Waals surface area contributed by atoms with Gasteiger partial charge in [-0.1, -0.05) is 26.2 Å². The second-order valence-corrected chi connectivity index (χ2v) is 4.10. The zero-order chi connectivity index (χ0) is 12.0. The Morgan fingerprint density at radius 1 is 1.50 bits per heavy atom. The molecule has 0 aromatic carbocycles. The van der Waals surface area contributed by atoms with Crippen molar-refractivity contribution in [1.82, 2.24) is 9.55 Å². The second kappa shape index (κ2) is 6.30. The van der Waals surface area contributed by atoms with Gasteiger partial charge >= 0.3 is 5.97 Å². The highest BCUT2D eigenvalue weighted by Gasteiger charge is 2.18. The van der Waals surface area contributed by atoms with Crippen LogP contribution in [0.1, 0.15) is 51.3 Å². The first-order chi connectivity index (χ1) is 7.66. The number of aryl methyl sites for hydroxylation is 1. The first-order valence-electron chi connectivity index (χ1n) is 5.90. The molecule has 1 rings (SSSR count). The Labute approximate surface area is 96.3 Å². The number of imidazole rings is 1. The Morgan fingerprint density at radius 3 is 2.88 bits per heavy atom. The van der Waals surface area contributed by atoms with Crippen molar-refractivity contribution in [2.75, 3.05) is 0 Å². The Kier molecular flexibility index (Phi) is 5.02. The van der Waals surface area contributed by atoms with Crippen molar-refractivity contribution in [3.05, 3.63) is 18.2 Å². The maximum absolute atomic E-state index is 10.9. The summed E-state index contributed by atoms with van der Waals surface area (Å²) in [4.78, 5) is 15.0. The van der Waals surface area contributed by atoms with Crippen molar-refractivity contribution in [2.24, 2.45) is 0 Å². The smallest absolute Gasteiger partial charge is 0.313 e. The summed E-state index contributed by atoms with van der Waals surface area (Å²) in [5.41, 5.74) is 0. The lowest BCUT2D eigenvalue weighted by Gasteiger charge is -2.10. The molecule has 0 amide bonds. The molecule has 0 fully saturated rings. The molecule has 0 aliphatic heterocycles. The van der Waals surface area contributed by atoms with Crippen LogP contribution in [-0.4, -0.2) is 20.6 Å². The fraction of sp³-hybridized carbons (Fsp3) is 0.667. The van der Waals surface area contributed by atoms with Crippen molar-refractivity contribution in [3.63, 3.8) is 0 Å². The minimum atomic E-state index is -0.819. The van der Waals surface area contributed by atoms with Gasteiger partial charge in [0.05, 0.1) is 0 Å². The molecule has 0 aliphatic carbocycles. The molecule has 1 N–H and O–H groups in total. The van der Waals surface area contributed by atoms with Crippen molar-refractivity contribution in [3.8, 4) is 0 Å². The highest BCUT2D eigenvalue weighted by molar-refractivity contribution is 5.74. The fourth-order valence-electron chi connectivity index (χ4n) is 1.71. The standard InChI is InChI=1S/C12H20N2O2/c1-3-4-5-6-8-14-9-7-13-11(14)10(2)12(15)16/h7,9-10H,3-6,8H2,1-2H3,(H,15,16). The van der Waals surface area contributed by atoms with Gasteiger partial charge in [0.1, 0.15) is 11.7 Å². The molecule has 1 unspecified atom stereocenters. The van der Waals surface area contributed by atoms with Crippen LogP contribution in [0.5, 0.6) is 0 Å². The Morgan fingerprint density at radius 2 is 2.25 bits per heavy atom. The molecule has 0 saturated heterocycles. The van der Waals surface area contributed by atoms with E-state index in [1.807, 2.05) is 10.8 Å². The molecular formula is C12H20N2O2. The number of hydrogen-bond acceptors (Lipinski definition) is 2. The van der Waals surface area contributed by atoms with Gasteiger partial charge in [-0.25, -0.2) is 4.98 Å². The van der Waals surface area contributed by atoms with E-state index >= 15 is 0 Å². The number of aromatic nitrogens is 2. The van der Waals surface area contributed by atoms with E-state index in [0.717, 1.165) is 13.0 Å². The van der Waals surface area contributed by atoms with Crippen LogP contribution in [0.3, 0.4) is 0 Å². The Bertz CT molecular complexity index is 334. The molecular weight excluding hydrogens is 204 g/mol. The number of carboxylic acid groups (broad SMARTS) is 1. The van der Waals surface area contributed by atoms with Crippen LogP contribution in [0.2, 0.25) is 0 Å². The van der Waals surface area contributed by atoms with Gasteiger partial charge < -0.3 is 9.67 Å². The molecule has 1 heterocycles. The average Bonchev–Trinajstić information content (AvgIpc) is 2.71. The summed E-state index contributed by atoms with van der Waals surface area (Å²) in [5, 5.41) is 8.93. The number of rotatable bonds is 7. The summed E-state index contributed by atoms with van der Waals surface area (Å²) in [6.45, 7) is 4.72. The molecule has 4 nitrogen and oxygen atoms in total. The molecule has 4 heteroatoms. The van der Waals surface area contributed by atoms with Gasteiger partial charge in [-0.15, -0.1) is 0 Å². The number of aliphatic carboxylic acids is 1. The predicted octanol–water partition coefficient (Wildman–Crippen LogP) is 2.65. The fourth-order valence-corrected chi connectivity index (χ4v) is 1.71. The third kappa shape index (κ3) is 3.36. The molecule has 0 spiro atoms. The van der Waals surface area contributed by atoms with Gasteiger partial charge in [0.25, 0.3) is 0 Å². The Balaban J connectivity index is 2.53. The van der Waals surface area contributed by atoms with Crippen LogP contribution < -0.4 is 0 Å². The maximum atomic E-state index is 10.9. The molecule has 0 aliphatic rings. The Hall–Kier alpha value is -1.32. The summed E-state index contributed by atoms with van der Waals surface area (Å²) in [6.07, 6.45) is 8.26. The van der Waals surface area contributed by atoms with Crippen molar-refractivity contribution >= 4 is 5.97 Å². The number of carbonyl (C=O) groups is 1. The highest BCUT2D eigenvalue weighted by atomic mass is 16.4. The topological polar surface area (TPSA) is 55.1 Å². The molecule has 0 saturated carbocycles. The van der Waals surface area contributed by atoms with Crippen LogP contribution in [0.25, 0.3) is 0 Å². The maximum Gasteiger partial charge on any atom is 0.313 e. The lowest BCUT2D eigenvalue weighted by molar-refractivity contribution is -0.138. The second-order valence-electron chi connectivity index (χ2n) is 4.10. The van der Waals surface area contributed by atoms with E-state index in [2.05, 4.69) is 11.9 Å². The zero-order valence-electron chi connectivity index (χ0n) is 10.0. The third-order valence-electron chi connectivity index (χ3n) is 2.76. The van der Waals surface area contributed by atoms with E-state index in [0.29, 0.717) is 5.82 Å². The van der Waals surface area contributed by atoms with E-state index in [-0.39, 0.29) is 0 Å². The van der Waals surface area contributed by atoms with Gasteiger partial charge in [-0.05, 0) is 13.3 Å². The highest BCUT2D eigenvalue weighted by Crippen LogP contribution is 2.14. The summed E-state index contributed by atoms with van der Waals surface area (Å²) >= 11 is 0. The number of nitrogens with zero attached hydrogens (tertiary/aromatic N) is 2. The first-order valence-corrected chi connectivity index (χ1v) is 5.90. The normalized spacial score (nSPS) is 12.6. The molecule has 0 radical (unpaired) electrons. The predicted molar refractivity (Wildman–Crippen MR) is 62.4 cm³/mol. The summed E-state index contributed by atoms with van der Waals surface area (Å²) in [5.74, 6) is -0.689. The minimum absolute atomic E-state index is 0.527. The summed E-state index contributed by atoms with van der Waals surface area (Å²) in [7, 11) is 0. The largest absolute Gasteiger partial charge is 0.481 e. The monoisotopic (exact) mass is 224 g/mol. The van der Waals surface area contributed by atoms with Crippen molar-refractivity contribution in [2.45, 2.75) is 52.0 Å². The van der Waals surface area contributed by atoms with Gasteiger partial charge in [0, 0.05) is 18.9 Å². The number of unbranched alkanes of at least 4 members (excludes halogenated alkanes) is 3. The zero-order valence-corrected chi connectivity index (χ0v) is 10.0. The van der Waals surface area contributed by atoms with Crippen LogP contribution in [0.15, 0.2) is 12.4 Å². The molecule has 90 valence electrons. The molecule has 16 heavy (non-hydrogen) atoms. The lowest BCUT2D eigenvalue weighted by atomic mass is 10.1. The number of hydrogen-bond donors (Lipinski definition) is 1. The lowest BCUT2D eigenvalue weighted by Crippen LogP contribution is -2.14. The van der Waals surface area contributed by atoms with Gasteiger partial charge in [0.2, 0.25) is 0 Å². The van der Waals surface area contributed by atoms with Crippen LogP contribution >= 0.6 is 0 Å². The van der Waals surface area contributed by atoms with E-state index in [1.54, 1.807) is 13.1 Å². The molecule has 0 bridgehead atoms. The van der Waals surface area contributed by atoms with Gasteiger partial charge in [-0.2, -0.15) is 0 Å². The summed E-state index contributed by atoms with van der Waals surface area (Å²) in [6, 6.07) is 0. The van der Waals surface area contributed by atoms with Crippen LogP contribution in [-0.2, 0) is 11.3 Å². The quantitative estimate of drug-likeness (QED) is 0.724. The van der Waals surface area contributed by atoms with Gasteiger partial charge in [-0.3, -0.25) is 4.79 Å². The molecule has 1 atom stereocenters. The van der Waals surface area contributed by atoms with Crippen molar-refractivity contribution in [1.29, 1.82) is 0 Å². The third-order valence-corrected chi connectivity index (χ3v) is 2.76. The number of carboxylic acids is 1. The molecule has 1 aromatic heterocycles. The van der Waals surface area contributed by atoms with Gasteiger partial charge in [0.15, 0.2) is 0 Å². The minimum Gasteiger partial charge on any atom is -0.481 e.